The van der Waals surface area contributed by atoms with Gasteiger partial charge < -0.3 is 15.4 Å². The molecule has 0 unspecified atom stereocenters. The fourth-order valence-electron chi connectivity index (χ4n) is 2.98. The van der Waals surface area contributed by atoms with Crippen molar-refractivity contribution in [2.45, 2.75) is 6.04 Å². The highest BCUT2D eigenvalue weighted by molar-refractivity contribution is 5.58. The minimum atomic E-state index is 0.470. The zero-order chi connectivity index (χ0) is 14.9. The van der Waals surface area contributed by atoms with Crippen molar-refractivity contribution in [1.29, 1.82) is 0 Å². The quantitative estimate of drug-likeness (QED) is 0.837. The molecular formula is C14H19N7O. The van der Waals surface area contributed by atoms with Gasteiger partial charge in [0.15, 0.2) is 5.82 Å². The Labute approximate surface area is 128 Å². The minimum absolute atomic E-state index is 0.470. The fourth-order valence-corrected chi connectivity index (χ4v) is 2.98. The highest BCUT2D eigenvalue weighted by Crippen LogP contribution is 2.25. The van der Waals surface area contributed by atoms with E-state index in [0.717, 1.165) is 50.9 Å². The Morgan fingerprint density at radius 1 is 1.18 bits per heavy atom. The smallest absolute Gasteiger partial charge is 0.151 e. The molecule has 4 rings (SSSR count). The van der Waals surface area contributed by atoms with Crippen LogP contribution < -0.4 is 10.6 Å². The Balaban J connectivity index is 1.43. The Hall–Kier alpha value is -2.19. The van der Waals surface area contributed by atoms with Gasteiger partial charge in [-0.2, -0.15) is 0 Å². The van der Waals surface area contributed by atoms with Gasteiger partial charge in [0.25, 0.3) is 0 Å². The number of anilines is 2. The fraction of sp³-hybridized carbons (Fsp3) is 0.500. The summed E-state index contributed by atoms with van der Waals surface area (Å²) in [5, 5.41) is 7.73. The molecule has 116 valence electrons. The van der Waals surface area contributed by atoms with Crippen molar-refractivity contribution in [1.82, 2.24) is 24.9 Å². The molecule has 0 spiro atoms. The van der Waals surface area contributed by atoms with Gasteiger partial charge in [-0.25, -0.2) is 9.67 Å². The molecule has 8 heteroatoms. The van der Waals surface area contributed by atoms with Crippen molar-refractivity contribution in [3.05, 3.63) is 24.5 Å². The maximum absolute atomic E-state index is 6.05. The first-order chi connectivity index (χ1) is 10.8. The molecule has 0 atom stereocenters. The molecule has 8 nitrogen and oxygen atoms in total. The van der Waals surface area contributed by atoms with Crippen molar-refractivity contribution in [3.63, 3.8) is 0 Å². The number of nitrogen functional groups attached to an aromatic ring is 1. The Morgan fingerprint density at radius 3 is 2.68 bits per heavy atom. The first-order valence-corrected chi connectivity index (χ1v) is 7.51. The monoisotopic (exact) mass is 301 g/mol. The third kappa shape index (κ3) is 2.40. The van der Waals surface area contributed by atoms with Gasteiger partial charge in [-0.05, 0) is 12.1 Å². The maximum atomic E-state index is 6.05. The molecule has 0 amide bonds. The molecular weight excluding hydrogens is 282 g/mol. The third-order valence-electron chi connectivity index (χ3n) is 4.31. The van der Waals surface area contributed by atoms with Gasteiger partial charge in [0.05, 0.1) is 25.6 Å². The molecule has 0 saturated carbocycles. The first kappa shape index (κ1) is 13.5. The molecule has 0 radical (unpaired) electrons. The van der Waals surface area contributed by atoms with Crippen LogP contribution in [0.15, 0.2) is 24.5 Å². The summed E-state index contributed by atoms with van der Waals surface area (Å²) in [7, 11) is 0. The van der Waals surface area contributed by atoms with E-state index in [0.29, 0.717) is 11.9 Å². The molecule has 2 fully saturated rings. The molecule has 2 aromatic rings. The number of rotatable bonds is 3. The predicted molar refractivity (Wildman–Crippen MR) is 82.0 cm³/mol. The summed E-state index contributed by atoms with van der Waals surface area (Å²) in [5.74, 6) is 1.39. The van der Waals surface area contributed by atoms with Crippen LogP contribution in [-0.4, -0.2) is 70.3 Å². The number of nitrogens with zero attached hydrogens (tertiary/aromatic N) is 6. The molecule has 4 heterocycles. The summed E-state index contributed by atoms with van der Waals surface area (Å²) >= 11 is 0. The van der Waals surface area contributed by atoms with Gasteiger partial charge in [0.1, 0.15) is 11.5 Å². The number of pyridine rings is 1. The van der Waals surface area contributed by atoms with E-state index in [1.54, 1.807) is 17.1 Å². The van der Waals surface area contributed by atoms with Crippen molar-refractivity contribution in [3.8, 4) is 5.69 Å². The summed E-state index contributed by atoms with van der Waals surface area (Å²) in [6.45, 7) is 5.73. The largest absolute Gasteiger partial charge is 0.382 e. The molecule has 2 aromatic heterocycles. The van der Waals surface area contributed by atoms with E-state index in [9.17, 15) is 0 Å². The number of hydrogen-bond acceptors (Lipinski definition) is 7. The lowest BCUT2D eigenvalue weighted by atomic mass is 10.1. The second kappa shape index (κ2) is 5.54. The number of nitrogens with two attached hydrogens (primary N) is 1. The lowest BCUT2D eigenvalue weighted by Crippen LogP contribution is -2.61. The molecule has 2 N–H and O–H groups in total. The molecule has 0 aliphatic carbocycles. The van der Waals surface area contributed by atoms with Crippen LogP contribution in [0.25, 0.3) is 5.69 Å². The lowest BCUT2D eigenvalue weighted by molar-refractivity contribution is 0.0104. The Morgan fingerprint density at radius 2 is 2.00 bits per heavy atom. The van der Waals surface area contributed by atoms with Crippen molar-refractivity contribution < 1.29 is 4.74 Å². The Bertz CT molecular complexity index is 633. The van der Waals surface area contributed by atoms with E-state index >= 15 is 0 Å². The molecule has 0 aromatic carbocycles. The van der Waals surface area contributed by atoms with Crippen molar-refractivity contribution in [2.24, 2.45) is 0 Å². The molecule has 2 aliphatic heterocycles. The minimum Gasteiger partial charge on any atom is -0.382 e. The highest BCUT2D eigenvalue weighted by atomic mass is 16.5. The maximum Gasteiger partial charge on any atom is 0.151 e. The van der Waals surface area contributed by atoms with Gasteiger partial charge in [0.2, 0.25) is 0 Å². The van der Waals surface area contributed by atoms with E-state index in [1.807, 2.05) is 12.1 Å². The predicted octanol–water partition coefficient (Wildman–Crippen LogP) is -0.235. The van der Waals surface area contributed by atoms with Crippen LogP contribution in [-0.2, 0) is 4.74 Å². The second-order valence-electron chi connectivity index (χ2n) is 5.63. The van der Waals surface area contributed by atoms with Gasteiger partial charge in [-0.3, -0.25) is 4.90 Å². The van der Waals surface area contributed by atoms with Crippen LogP contribution in [0.2, 0.25) is 0 Å². The highest BCUT2D eigenvalue weighted by Gasteiger charge is 2.33. The number of ether oxygens (including phenoxy) is 1. The zero-order valence-electron chi connectivity index (χ0n) is 12.3. The SMILES string of the molecule is Nc1nc(N2CC(N3CCOCC3)C2)ccc1-n1ccnn1. The van der Waals surface area contributed by atoms with Crippen LogP contribution in [0.3, 0.4) is 0 Å². The van der Waals surface area contributed by atoms with Crippen LogP contribution in [0, 0.1) is 0 Å². The normalized spacial score (nSPS) is 20.1. The third-order valence-corrected chi connectivity index (χ3v) is 4.31. The molecule has 0 bridgehead atoms. The second-order valence-corrected chi connectivity index (χ2v) is 5.63. The van der Waals surface area contributed by atoms with Crippen LogP contribution >= 0.6 is 0 Å². The summed E-state index contributed by atoms with van der Waals surface area (Å²) in [6.07, 6.45) is 3.38. The zero-order valence-corrected chi connectivity index (χ0v) is 12.3. The molecule has 2 aliphatic rings. The molecule has 22 heavy (non-hydrogen) atoms. The van der Waals surface area contributed by atoms with E-state index in [-0.39, 0.29) is 0 Å². The van der Waals surface area contributed by atoms with Crippen LogP contribution in [0.5, 0.6) is 0 Å². The van der Waals surface area contributed by atoms with Gasteiger partial charge >= 0.3 is 0 Å². The first-order valence-electron chi connectivity index (χ1n) is 7.51. The average Bonchev–Trinajstić information content (AvgIpc) is 3.01. The number of morpholine rings is 1. The Kier molecular flexibility index (Phi) is 3.39. The van der Waals surface area contributed by atoms with E-state index < -0.39 is 0 Å². The lowest BCUT2D eigenvalue weighted by Gasteiger charge is -2.47. The summed E-state index contributed by atoms with van der Waals surface area (Å²) in [6, 6.07) is 4.53. The van der Waals surface area contributed by atoms with Crippen molar-refractivity contribution in [2.75, 3.05) is 50.0 Å². The molecule has 2 saturated heterocycles. The van der Waals surface area contributed by atoms with E-state index in [4.69, 9.17) is 10.5 Å². The van der Waals surface area contributed by atoms with Crippen LogP contribution in [0.4, 0.5) is 11.6 Å². The topological polar surface area (TPSA) is 85.3 Å². The summed E-state index contributed by atoms with van der Waals surface area (Å²) in [4.78, 5) is 9.25. The van der Waals surface area contributed by atoms with Gasteiger partial charge in [-0.15, -0.1) is 5.10 Å². The van der Waals surface area contributed by atoms with Gasteiger partial charge in [0, 0.05) is 32.2 Å². The summed E-state index contributed by atoms with van der Waals surface area (Å²) in [5.41, 5.74) is 6.81. The number of aromatic nitrogens is 4. The van der Waals surface area contributed by atoms with E-state index in [2.05, 4.69) is 25.1 Å². The summed E-state index contributed by atoms with van der Waals surface area (Å²) < 4.78 is 7.02. The average molecular weight is 301 g/mol. The van der Waals surface area contributed by atoms with Crippen molar-refractivity contribution >= 4 is 11.6 Å². The van der Waals surface area contributed by atoms with E-state index in [1.165, 1.54) is 0 Å². The number of hydrogen-bond donors (Lipinski definition) is 1. The van der Waals surface area contributed by atoms with Crippen LogP contribution in [0.1, 0.15) is 0 Å². The van der Waals surface area contributed by atoms with Gasteiger partial charge in [-0.1, -0.05) is 5.21 Å². The standard InChI is InChI=1S/C14H19N7O/c15-14-12(21-4-3-16-18-21)1-2-13(17-14)20-9-11(10-20)19-5-7-22-8-6-19/h1-4,11H,5-10H2,(H2,15,17).